The van der Waals surface area contributed by atoms with Crippen LogP contribution in [0.15, 0.2) is 24.3 Å². The van der Waals surface area contributed by atoms with E-state index in [0.29, 0.717) is 13.0 Å². The second-order valence-corrected chi connectivity index (χ2v) is 5.40. The molecule has 1 aliphatic rings. The van der Waals surface area contributed by atoms with Gasteiger partial charge < -0.3 is 15.5 Å². The number of carbonyl (C=O) groups is 1. The number of benzene rings is 1. The Hall–Kier alpha value is -1.39. The number of hydrogen-bond acceptors (Lipinski definition) is 3. The van der Waals surface area contributed by atoms with E-state index in [2.05, 4.69) is 18.9 Å². The first kappa shape index (κ1) is 14.0. The Morgan fingerprint density at radius 2 is 2.00 bits per heavy atom. The van der Waals surface area contributed by atoms with Gasteiger partial charge in [-0.25, -0.2) is 0 Å². The molecule has 1 saturated heterocycles. The number of likely N-dealkylation sites (N-methyl/N-ethyl adjacent to an activating group) is 1. The van der Waals surface area contributed by atoms with Crippen LogP contribution in [0, 0.1) is 6.92 Å². The van der Waals surface area contributed by atoms with Gasteiger partial charge in [0.1, 0.15) is 0 Å². The van der Waals surface area contributed by atoms with Crippen molar-refractivity contribution in [3.63, 3.8) is 0 Å². The lowest BCUT2D eigenvalue weighted by Crippen LogP contribution is -2.57. The molecular formula is C15H23N3O. The molecule has 1 fully saturated rings. The van der Waals surface area contributed by atoms with Crippen molar-refractivity contribution >= 4 is 5.91 Å². The number of aryl methyl sites for hydroxylation is 1. The Bertz CT molecular complexity index is 430. The third-order valence-corrected chi connectivity index (χ3v) is 3.75. The van der Waals surface area contributed by atoms with Crippen molar-refractivity contribution in [3.8, 4) is 0 Å². The predicted molar refractivity (Wildman–Crippen MR) is 76.9 cm³/mol. The van der Waals surface area contributed by atoms with Gasteiger partial charge in [-0.1, -0.05) is 29.8 Å². The molecule has 0 saturated carbocycles. The zero-order chi connectivity index (χ0) is 13.8. The molecule has 1 atom stereocenters. The van der Waals surface area contributed by atoms with Crippen LogP contribution in [0.5, 0.6) is 0 Å². The molecule has 0 radical (unpaired) electrons. The summed E-state index contributed by atoms with van der Waals surface area (Å²) in [7, 11) is 2.07. The highest BCUT2D eigenvalue weighted by atomic mass is 16.2. The normalized spacial score (nSPS) is 20.6. The molecule has 0 spiro atoms. The summed E-state index contributed by atoms with van der Waals surface area (Å²) in [4.78, 5) is 16.6. The largest absolute Gasteiger partial charge is 0.336 e. The average Bonchev–Trinajstić information content (AvgIpc) is 2.41. The van der Waals surface area contributed by atoms with Gasteiger partial charge in [0, 0.05) is 26.2 Å². The molecule has 0 bridgehead atoms. The maximum absolute atomic E-state index is 12.4. The third-order valence-electron chi connectivity index (χ3n) is 3.75. The molecule has 1 unspecified atom stereocenters. The summed E-state index contributed by atoms with van der Waals surface area (Å²) in [5.41, 5.74) is 8.08. The fourth-order valence-corrected chi connectivity index (χ4v) is 2.52. The summed E-state index contributed by atoms with van der Waals surface area (Å²) in [6, 6.07) is 8.30. The van der Waals surface area contributed by atoms with E-state index in [1.165, 1.54) is 5.56 Å². The van der Waals surface area contributed by atoms with Gasteiger partial charge >= 0.3 is 0 Å². The van der Waals surface area contributed by atoms with Crippen LogP contribution >= 0.6 is 0 Å². The molecule has 19 heavy (non-hydrogen) atoms. The molecule has 2 rings (SSSR count). The molecule has 0 aromatic heterocycles. The highest BCUT2D eigenvalue weighted by molar-refractivity contribution is 5.79. The summed E-state index contributed by atoms with van der Waals surface area (Å²) in [6.07, 6.45) is 0.473. The van der Waals surface area contributed by atoms with E-state index in [1.807, 2.05) is 29.2 Å². The Balaban J connectivity index is 2.00. The van der Waals surface area contributed by atoms with Crippen molar-refractivity contribution in [2.45, 2.75) is 19.4 Å². The zero-order valence-electron chi connectivity index (χ0n) is 11.8. The second-order valence-electron chi connectivity index (χ2n) is 5.40. The Morgan fingerprint density at radius 1 is 1.32 bits per heavy atom. The molecule has 1 amide bonds. The third kappa shape index (κ3) is 3.55. The minimum atomic E-state index is 0.150. The first-order chi connectivity index (χ1) is 9.10. The van der Waals surface area contributed by atoms with E-state index in [0.717, 1.165) is 25.2 Å². The molecule has 4 heteroatoms. The highest BCUT2D eigenvalue weighted by Gasteiger charge is 2.27. The Morgan fingerprint density at radius 3 is 2.63 bits per heavy atom. The van der Waals surface area contributed by atoms with Crippen LogP contribution in [0.25, 0.3) is 0 Å². The summed E-state index contributed by atoms with van der Waals surface area (Å²) < 4.78 is 0. The number of carbonyl (C=O) groups excluding carboxylic acids is 1. The van der Waals surface area contributed by atoms with E-state index >= 15 is 0 Å². The SMILES string of the molecule is Cc1ccc(CC(=O)N2CCN(C)CC2CN)cc1. The van der Waals surface area contributed by atoms with Crippen molar-refractivity contribution in [2.75, 3.05) is 33.2 Å². The van der Waals surface area contributed by atoms with Crippen molar-refractivity contribution in [3.05, 3.63) is 35.4 Å². The average molecular weight is 261 g/mol. The molecule has 2 N–H and O–H groups in total. The molecule has 1 aromatic carbocycles. The number of piperazine rings is 1. The summed E-state index contributed by atoms with van der Waals surface area (Å²) in [6.45, 7) is 5.16. The molecule has 1 heterocycles. The van der Waals surface area contributed by atoms with Crippen molar-refractivity contribution in [1.29, 1.82) is 0 Å². The van der Waals surface area contributed by atoms with Crippen LogP contribution in [-0.4, -0.2) is 55.0 Å². The molecule has 1 aromatic rings. The number of amides is 1. The summed E-state index contributed by atoms with van der Waals surface area (Å²) in [5.74, 6) is 0.187. The van der Waals surface area contributed by atoms with Gasteiger partial charge in [-0.15, -0.1) is 0 Å². The van der Waals surface area contributed by atoms with Gasteiger partial charge in [0.2, 0.25) is 5.91 Å². The van der Waals surface area contributed by atoms with Crippen LogP contribution in [0.1, 0.15) is 11.1 Å². The van der Waals surface area contributed by atoms with Crippen LogP contribution in [0.3, 0.4) is 0 Å². The lowest BCUT2D eigenvalue weighted by Gasteiger charge is -2.39. The quantitative estimate of drug-likeness (QED) is 0.868. The maximum atomic E-state index is 12.4. The standard InChI is InChI=1S/C15H23N3O/c1-12-3-5-13(6-4-12)9-15(19)18-8-7-17(2)11-14(18)10-16/h3-6,14H,7-11,16H2,1-2H3. The number of hydrogen-bond donors (Lipinski definition) is 1. The van der Waals surface area contributed by atoms with Crippen molar-refractivity contribution in [2.24, 2.45) is 5.73 Å². The Labute approximate surface area is 115 Å². The number of nitrogens with zero attached hydrogens (tertiary/aromatic N) is 2. The molecule has 104 valence electrons. The fraction of sp³-hybridized carbons (Fsp3) is 0.533. The van der Waals surface area contributed by atoms with Crippen LogP contribution < -0.4 is 5.73 Å². The Kier molecular flexibility index (Phi) is 4.56. The van der Waals surface area contributed by atoms with Crippen molar-refractivity contribution < 1.29 is 4.79 Å². The van der Waals surface area contributed by atoms with E-state index in [-0.39, 0.29) is 11.9 Å². The monoisotopic (exact) mass is 261 g/mol. The lowest BCUT2D eigenvalue weighted by molar-refractivity contribution is -0.134. The minimum Gasteiger partial charge on any atom is -0.336 e. The van der Waals surface area contributed by atoms with E-state index in [4.69, 9.17) is 5.73 Å². The zero-order valence-corrected chi connectivity index (χ0v) is 11.8. The number of nitrogens with two attached hydrogens (primary N) is 1. The van der Waals surface area contributed by atoms with Gasteiger partial charge in [0.15, 0.2) is 0 Å². The van der Waals surface area contributed by atoms with Crippen molar-refractivity contribution in [1.82, 2.24) is 9.80 Å². The molecule has 4 nitrogen and oxygen atoms in total. The highest BCUT2D eigenvalue weighted by Crippen LogP contribution is 2.11. The van der Waals surface area contributed by atoms with Gasteiger partial charge in [0.25, 0.3) is 0 Å². The summed E-state index contributed by atoms with van der Waals surface area (Å²) >= 11 is 0. The second kappa shape index (κ2) is 6.17. The molecular weight excluding hydrogens is 238 g/mol. The molecule has 0 aliphatic carbocycles. The van der Waals surface area contributed by atoms with Crippen LogP contribution in [-0.2, 0) is 11.2 Å². The number of rotatable bonds is 3. The first-order valence-corrected chi connectivity index (χ1v) is 6.84. The van der Waals surface area contributed by atoms with Crippen LogP contribution in [0.2, 0.25) is 0 Å². The van der Waals surface area contributed by atoms with Gasteiger partial charge in [-0.05, 0) is 19.5 Å². The van der Waals surface area contributed by atoms with Gasteiger partial charge in [-0.3, -0.25) is 4.79 Å². The summed E-state index contributed by atoms with van der Waals surface area (Å²) in [5, 5.41) is 0. The van der Waals surface area contributed by atoms with Gasteiger partial charge in [-0.2, -0.15) is 0 Å². The lowest BCUT2D eigenvalue weighted by atomic mass is 10.1. The first-order valence-electron chi connectivity index (χ1n) is 6.84. The van der Waals surface area contributed by atoms with Gasteiger partial charge in [0.05, 0.1) is 12.5 Å². The molecule has 1 aliphatic heterocycles. The minimum absolute atomic E-state index is 0.150. The van der Waals surface area contributed by atoms with E-state index < -0.39 is 0 Å². The fourth-order valence-electron chi connectivity index (χ4n) is 2.52. The smallest absolute Gasteiger partial charge is 0.227 e. The predicted octanol–water partition coefficient (Wildman–Crippen LogP) is 0.639. The van der Waals surface area contributed by atoms with Crippen LogP contribution in [0.4, 0.5) is 0 Å². The van der Waals surface area contributed by atoms with E-state index in [1.54, 1.807) is 0 Å². The topological polar surface area (TPSA) is 49.6 Å². The maximum Gasteiger partial charge on any atom is 0.227 e. The van der Waals surface area contributed by atoms with E-state index in [9.17, 15) is 4.79 Å².